The van der Waals surface area contributed by atoms with Crippen LogP contribution in [0.1, 0.15) is 32.6 Å². The fourth-order valence-electron chi connectivity index (χ4n) is 2.87. The van der Waals surface area contributed by atoms with Gasteiger partial charge in [-0.15, -0.1) is 0 Å². The van der Waals surface area contributed by atoms with Crippen molar-refractivity contribution >= 4 is 16.5 Å². The maximum atomic E-state index is 5.70. The van der Waals surface area contributed by atoms with E-state index in [1.807, 2.05) is 0 Å². The van der Waals surface area contributed by atoms with Crippen LogP contribution in [0.2, 0.25) is 0 Å². The monoisotopic (exact) mass is 269 g/mol. The fourth-order valence-corrected chi connectivity index (χ4v) is 2.87. The van der Waals surface area contributed by atoms with Crippen molar-refractivity contribution in [3.8, 4) is 5.75 Å². The minimum Gasteiger partial charge on any atom is -0.494 e. The third-order valence-corrected chi connectivity index (χ3v) is 3.99. The van der Waals surface area contributed by atoms with Crippen LogP contribution in [0.5, 0.6) is 5.75 Å². The predicted molar refractivity (Wildman–Crippen MR) is 85.8 cm³/mol. The zero-order valence-electron chi connectivity index (χ0n) is 12.3. The first kappa shape index (κ1) is 13.3. The molecule has 0 atom stereocenters. The molecule has 0 aliphatic carbocycles. The molecule has 2 aromatic carbocycles. The maximum Gasteiger partial charge on any atom is 0.119 e. The Morgan fingerprint density at radius 3 is 2.50 bits per heavy atom. The summed E-state index contributed by atoms with van der Waals surface area (Å²) in [5, 5.41) is 2.57. The second-order valence-electron chi connectivity index (χ2n) is 5.59. The Morgan fingerprint density at radius 1 is 0.950 bits per heavy atom. The molecule has 2 heteroatoms. The summed E-state index contributed by atoms with van der Waals surface area (Å²) in [5.74, 6) is 0.977. The molecule has 2 nitrogen and oxygen atoms in total. The number of anilines is 1. The van der Waals surface area contributed by atoms with E-state index in [2.05, 4.69) is 48.2 Å². The van der Waals surface area contributed by atoms with Gasteiger partial charge in [-0.1, -0.05) is 19.1 Å². The van der Waals surface area contributed by atoms with Crippen molar-refractivity contribution in [2.45, 2.75) is 32.6 Å². The number of hydrogen-bond acceptors (Lipinski definition) is 2. The topological polar surface area (TPSA) is 12.5 Å². The third kappa shape index (κ3) is 2.90. The van der Waals surface area contributed by atoms with Crippen LogP contribution in [-0.4, -0.2) is 19.7 Å². The minimum atomic E-state index is 0.789. The summed E-state index contributed by atoms with van der Waals surface area (Å²) in [6, 6.07) is 13.2. The molecular weight excluding hydrogens is 246 g/mol. The second-order valence-corrected chi connectivity index (χ2v) is 5.59. The molecule has 1 saturated heterocycles. The normalized spacial score (nSPS) is 15.6. The van der Waals surface area contributed by atoms with Gasteiger partial charge in [-0.05, 0) is 60.7 Å². The quantitative estimate of drug-likeness (QED) is 0.803. The number of rotatable bonds is 4. The maximum absolute atomic E-state index is 5.70. The van der Waals surface area contributed by atoms with E-state index >= 15 is 0 Å². The lowest BCUT2D eigenvalue weighted by Crippen LogP contribution is -2.29. The average Bonchev–Trinajstić information content (AvgIpc) is 2.53. The van der Waals surface area contributed by atoms with Crippen molar-refractivity contribution in [3.63, 3.8) is 0 Å². The fraction of sp³-hybridized carbons (Fsp3) is 0.444. The van der Waals surface area contributed by atoms with Crippen LogP contribution in [0, 0.1) is 0 Å². The molecule has 0 radical (unpaired) electrons. The summed E-state index contributed by atoms with van der Waals surface area (Å²) in [4.78, 5) is 2.50. The van der Waals surface area contributed by atoms with Crippen LogP contribution in [-0.2, 0) is 0 Å². The number of benzene rings is 2. The molecule has 0 bridgehead atoms. The lowest BCUT2D eigenvalue weighted by molar-refractivity contribution is 0.318. The van der Waals surface area contributed by atoms with E-state index in [1.165, 1.54) is 48.8 Å². The molecule has 0 N–H and O–H groups in total. The van der Waals surface area contributed by atoms with Crippen LogP contribution in [0.15, 0.2) is 36.4 Å². The van der Waals surface area contributed by atoms with Gasteiger partial charge in [0.05, 0.1) is 6.61 Å². The van der Waals surface area contributed by atoms with Gasteiger partial charge >= 0.3 is 0 Å². The number of fused-ring (bicyclic) bond motifs is 1. The highest BCUT2D eigenvalue weighted by Crippen LogP contribution is 2.27. The van der Waals surface area contributed by atoms with Crippen molar-refractivity contribution in [1.29, 1.82) is 0 Å². The van der Waals surface area contributed by atoms with Gasteiger partial charge in [0, 0.05) is 18.8 Å². The molecule has 0 amide bonds. The first-order chi connectivity index (χ1) is 9.86. The lowest BCUT2D eigenvalue weighted by atomic mass is 10.1. The minimum absolute atomic E-state index is 0.789. The van der Waals surface area contributed by atoms with Gasteiger partial charge in [-0.2, -0.15) is 0 Å². The van der Waals surface area contributed by atoms with Gasteiger partial charge in [0.2, 0.25) is 0 Å². The molecule has 106 valence electrons. The Kier molecular flexibility index (Phi) is 4.10. The Morgan fingerprint density at radius 2 is 1.70 bits per heavy atom. The molecule has 1 fully saturated rings. The van der Waals surface area contributed by atoms with Crippen molar-refractivity contribution in [2.75, 3.05) is 24.6 Å². The Hall–Kier alpha value is -1.70. The van der Waals surface area contributed by atoms with Crippen LogP contribution in [0.3, 0.4) is 0 Å². The number of piperidine rings is 1. The average molecular weight is 269 g/mol. The highest BCUT2D eigenvalue weighted by atomic mass is 16.5. The van der Waals surface area contributed by atoms with Gasteiger partial charge in [0.15, 0.2) is 0 Å². The standard InChI is InChI=1S/C18H23NO/c1-2-12-20-18-9-7-15-13-17(8-6-16(15)14-18)19-10-4-3-5-11-19/h6-9,13-14H,2-5,10-12H2,1H3. The molecule has 1 heterocycles. The molecule has 0 spiro atoms. The number of nitrogens with zero attached hydrogens (tertiary/aromatic N) is 1. The van der Waals surface area contributed by atoms with E-state index in [0.29, 0.717) is 0 Å². The zero-order valence-corrected chi connectivity index (χ0v) is 12.3. The lowest BCUT2D eigenvalue weighted by Gasteiger charge is -2.29. The molecule has 3 rings (SSSR count). The highest BCUT2D eigenvalue weighted by molar-refractivity contribution is 5.87. The largest absolute Gasteiger partial charge is 0.494 e. The molecule has 0 unspecified atom stereocenters. The summed E-state index contributed by atoms with van der Waals surface area (Å²) in [6.45, 7) is 5.32. The van der Waals surface area contributed by atoms with Crippen molar-refractivity contribution in [2.24, 2.45) is 0 Å². The van der Waals surface area contributed by atoms with E-state index in [9.17, 15) is 0 Å². The van der Waals surface area contributed by atoms with E-state index in [4.69, 9.17) is 4.74 Å². The third-order valence-electron chi connectivity index (χ3n) is 3.99. The summed E-state index contributed by atoms with van der Waals surface area (Å²) >= 11 is 0. The summed E-state index contributed by atoms with van der Waals surface area (Å²) in [6.07, 6.45) is 5.07. The van der Waals surface area contributed by atoms with E-state index in [-0.39, 0.29) is 0 Å². The Bertz CT molecular complexity index is 573. The molecule has 1 aliphatic heterocycles. The zero-order chi connectivity index (χ0) is 13.8. The van der Waals surface area contributed by atoms with Crippen LogP contribution < -0.4 is 9.64 Å². The van der Waals surface area contributed by atoms with Crippen molar-refractivity contribution in [3.05, 3.63) is 36.4 Å². The van der Waals surface area contributed by atoms with Gasteiger partial charge < -0.3 is 9.64 Å². The number of hydrogen-bond donors (Lipinski definition) is 0. The Labute approximate surface area is 121 Å². The molecular formula is C18H23NO. The first-order valence-electron chi connectivity index (χ1n) is 7.78. The van der Waals surface area contributed by atoms with Gasteiger partial charge in [0.25, 0.3) is 0 Å². The smallest absolute Gasteiger partial charge is 0.119 e. The van der Waals surface area contributed by atoms with E-state index < -0.39 is 0 Å². The summed E-state index contributed by atoms with van der Waals surface area (Å²) in [5.41, 5.74) is 1.36. The van der Waals surface area contributed by atoms with E-state index in [0.717, 1.165) is 18.8 Å². The second kappa shape index (κ2) is 6.17. The highest BCUT2D eigenvalue weighted by Gasteiger charge is 2.11. The van der Waals surface area contributed by atoms with Crippen LogP contribution >= 0.6 is 0 Å². The summed E-state index contributed by atoms with van der Waals surface area (Å²) < 4.78 is 5.70. The molecule has 2 aromatic rings. The first-order valence-corrected chi connectivity index (χ1v) is 7.78. The van der Waals surface area contributed by atoms with Gasteiger partial charge in [-0.3, -0.25) is 0 Å². The Balaban J connectivity index is 1.84. The van der Waals surface area contributed by atoms with Crippen molar-refractivity contribution < 1.29 is 4.74 Å². The van der Waals surface area contributed by atoms with E-state index in [1.54, 1.807) is 0 Å². The van der Waals surface area contributed by atoms with Crippen LogP contribution in [0.4, 0.5) is 5.69 Å². The van der Waals surface area contributed by atoms with Crippen LogP contribution in [0.25, 0.3) is 10.8 Å². The predicted octanol–water partition coefficient (Wildman–Crippen LogP) is 4.62. The van der Waals surface area contributed by atoms with Gasteiger partial charge in [-0.25, -0.2) is 0 Å². The SMILES string of the molecule is CCCOc1ccc2cc(N3CCCCC3)ccc2c1. The van der Waals surface area contributed by atoms with Gasteiger partial charge in [0.1, 0.15) is 5.75 Å². The molecule has 0 saturated carbocycles. The summed E-state index contributed by atoms with van der Waals surface area (Å²) in [7, 11) is 0. The molecule has 1 aliphatic rings. The molecule has 20 heavy (non-hydrogen) atoms. The van der Waals surface area contributed by atoms with Crippen molar-refractivity contribution in [1.82, 2.24) is 0 Å². The molecule has 0 aromatic heterocycles. The number of ether oxygens (including phenoxy) is 1.